The van der Waals surface area contributed by atoms with Crippen LogP contribution in [-0.4, -0.2) is 25.7 Å². The van der Waals surface area contributed by atoms with E-state index in [2.05, 4.69) is 20.6 Å². The van der Waals surface area contributed by atoms with Gasteiger partial charge < -0.3 is 5.32 Å². The smallest absolute Gasteiger partial charge is 0.224 e. The van der Waals surface area contributed by atoms with Crippen molar-refractivity contribution < 1.29 is 4.79 Å². The van der Waals surface area contributed by atoms with E-state index in [9.17, 15) is 4.79 Å². The summed E-state index contributed by atoms with van der Waals surface area (Å²) in [4.78, 5) is 12.5. The van der Waals surface area contributed by atoms with Gasteiger partial charge in [0.1, 0.15) is 6.33 Å². The van der Waals surface area contributed by atoms with E-state index >= 15 is 0 Å². The summed E-state index contributed by atoms with van der Waals surface area (Å²) >= 11 is 0. The molecular formula is C20H19N5O. The van der Waals surface area contributed by atoms with E-state index in [4.69, 9.17) is 0 Å². The largest absolute Gasteiger partial charge is 0.326 e. The normalized spacial score (nSPS) is 11.2. The number of nitrogens with zero attached hydrogens (tertiary/aromatic N) is 4. The minimum absolute atomic E-state index is 0.0125. The summed E-state index contributed by atoms with van der Waals surface area (Å²) < 4.78 is 1.67. The van der Waals surface area contributed by atoms with Crippen LogP contribution in [0.3, 0.4) is 0 Å². The summed E-state index contributed by atoms with van der Waals surface area (Å²) in [5.41, 5.74) is 4.55. The van der Waals surface area contributed by atoms with Gasteiger partial charge in [-0.2, -0.15) is 5.10 Å². The fourth-order valence-electron chi connectivity index (χ4n) is 3.33. The molecule has 2 aromatic carbocycles. The third kappa shape index (κ3) is 2.90. The maximum Gasteiger partial charge on any atom is 0.224 e. The van der Waals surface area contributed by atoms with E-state index in [1.54, 1.807) is 10.8 Å². The maximum atomic E-state index is 12.5. The van der Waals surface area contributed by atoms with Gasteiger partial charge in [-0.3, -0.25) is 4.79 Å². The molecule has 26 heavy (non-hydrogen) atoms. The Hall–Kier alpha value is -3.28. The molecule has 1 amide bonds. The highest BCUT2D eigenvalue weighted by Gasteiger charge is 2.13. The van der Waals surface area contributed by atoms with Crippen LogP contribution in [0.5, 0.6) is 0 Å². The van der Waals surface area contributed by atoms with Crippen LogP contribution in [0.15, 0.2) is 48.8 Å². The molecule has 0 unspecified atom stereocenters. The van der Waals surface area contributed by atoms with Gasteiger partial charge in [0.05, 0.1) is 5.69 Å². The van der Waals surface area contributed by atoms with Crippen LogP contribution in [0.25, 0.3) is 16.4 Å². The second-order valence-corrected chi connectivity index (χ2v) is 6.36. The predicted molar refractivity (Wildman–Crippen MR) is 101 cm³/mol. The molecule has 130 valence electrons. The quantitative estimate of drug-likeness (QED) is 0.615. The zero-order valence-electron chi connectivity index (χ0n) is 14.7. The standard InChI is InChI=1S/C20H19N5O/c1-13-16(14(2)24-25-12-21-23-20(13)25)10-11-19(26)22-18-9-5-7-15-6-3-4-8-17(15)18/h3-9,12H,10-11H2,1-2H3,(H,22,26). The molecule has 0 saturated carbocycles. The molecule has 0 atom stereocenters. The number of rotatable bonds is 4. The number of anilines is 1. The summed E-state index contributed by atoms with van der Waals surface area (Å²) in [5, 5.41) is 17.6. The van der Waals surface area contributed by atoms with Crippen molar-refractivity contribution in [2.45, 2.75) is 26.7 Å². The Kier molecular flexibility index (Phi) is 4.08. The first-order valence-electron chi connectivity index (χ1n) is 8.57. The van der Waals surface area contributed by atoms with E-state index in [1.165, 1.54) is 0 Å². The highest BCUT2D eigenvalue weighted by Crippen LogP contribution is 2.23. The molecule has 2 heterocycles. The fraction of sp³-hybridized carbons (Fsp3) is 0.200. The molecule has 6 heteroatoms. The van der Waals surface area contributed by atoms with Gasteiger partial charge in [0, 0.05) is 23.1 Å². The molecule has 0 aliphatic heterocycles. The van der Waals surface area contributed by atoms with E-state index in [0.717, 1.165) is 38.9 Å². The first kappa shape index (κ1) is 16.2. The van der Waals surface area contributed by atoms with Gasteiger partial charge in [-0.1, -0.05) is 36.4 Å². The Labute approximate surface area is 150 Å². The molecule has 0 bridgehead atoms. The van der Waals surface area contributed by atoms with Gasteiger partial charge in [-0.05, 0) is 37.3 Å². The molecule has 4 aromatic rings. The lowest BCUT2D eigenvalue weighted by atomic mass is 10.0. The Balaban J connectivity index is 1.52. The highest BCUT2D eigenvalue weighted by molar-refractivity contribution is 6.02. The van der Waals surface area contributed by atoms with Crippen molar-refractivity contribution in [3.63, 3.8) is 0 Å². The number of aryl methyl sites for hydroxylation is 2. The number of carbonyl (C=O) groups excluding carboxylic acids is 1. The number of benzene rings is 2. The number of hydrogen-bond acceptors (Lipinski definition) is 4. The number of hydrogen-bond donors (Lipinski definition) is 1. The average Bonchev–Trinajstić information content (AvgIpc) is 3.10. The molecule has 6 nitrogen and oxygen atoms in total. The number of amides is 1. The minimum Gasteiger partial charge on any atom is -0.326 e. The van der Waals surface area contributed by atoms with Crippen LogP contribution < -0.4 is 5.32 Å². The summed E-state index contributed by atoms with van der Waals surface area (Å²) in [5.74, 6) is -0.0125. The summed E-state index contributed by atoms with van der Waals surface area (Å²) in [6.07, 6.45) is 2.59. The van der Waals surface area contributed by atoms with Gasteiger partial charge in [0.15, 0.2) is 5.65 Å². The Bertz CT molecular complexity index is 1110. The van der Waals surface area contributed by atoms with Crippen molar-refractivity contribution in [1.82, 2.24) is 19.8 Å². The van der Waals surface area contributed by atoms with Crippen molar-refractivity contribution in [2.75, 3.05) is 5.32 Å². The topological polar surface area (TPSA) is 72.2 Å². The molecule has 0 aliphatic carbocycles. The first-order chi connectivity index (χ1) is 12.6. The molecule has 0 saturated heterocycles. The second-order valence-electron chi connectivity index (χ2n) is 6.36. The van der Waals surface area contributed by atoms with Crippen molar-refractivity contribution >= 4 is 28.0 Å². The summed E-state index contributed by atoms with van der Waals surface area (Å²) in [6.45, 7) is 3.95. The SMILES string of the molecule is Cc1nn2cnnc2c(C)c1CCC(=O)Nc1cccc2ccccc12. The number of fused-ring (bicyclic) bond motifs is 2. The molecule has 2 aromatic heterocycles. The Morgan fingerprint density at radius 1 is 1.12 bits per heavy atom. The van der Waals surface area contributed by atoms with E-state index in [0.29, 0.717) is 12.8 Å². The van der Waals surface area contributed by atoms with E-state index in [1.807, 2.05) is 56.3 Å². The van der Waals surface area contributed by atoms with Crippen molar-refractivity contribution in [3.05, 3.63) is 65.6 Å². The van der Waals surface area contributed by atoms with Crippen LogP contribution in [0.2, 0.25) is 0 Å². The minimum atomic E-state index is -0.0125. The van der Waals surface area contributed by atoms with Gasteiger partial charge in [-0.25, -0.2) is 4.52 Å². The lowest BCUT2D eigenvalue weighted by Gasteiger charge is -2.11. The van der Waals surface area contributed by atoms with E-state index in [-0.39, 0.29) is 5.91 Å². The average molecular weight is 345 g/mol. The molecule has 1 N–H and O–H groups in total. The third-order valence-electron chi connectivity index (χ3n) is 4.68. The zero-order valence-corrected chi connectivity index (χ0v) is 14.7. The van der Waals surface area contributed by atoms with Crippen LogP contribution in [0.4, 0.5) is 5.69 Å². The van der Waals surface area contributed by atoms with Crippen molar-refractivity contribution in [1.29, 1.82) is 0 Å². The second kappa shape index (κ2) is 6.55. The molecule has 0 aliphatic rings. The van der Waals surface area contributed by atoms with Crippen LogP contribution >= 0.6 is 0 Å². The number of carbonyl (C=O) groups is 1. The van der Waals surface area contributed by atoms with Crippen LogP contribution in [0.1, 0.15) is 23.2 Å². The van der Waals surface area contributed by atoms with Gasteiger partial charge >= 0.3 is 0 Å². The maximum absolute atomic E-state index is 12.5. The molecule has 0 radical (unpaired) electrons. The Morgan fingerprint density at radius 2 is 1.92 bits per heavy atom. The zero-order chi connectivity index (χ0) is 18.1. The lowest BCUT2D eigenvalue weighted by Crippen LogP contribution is -2.14. The van der Waals surface area contributed by atoms with E-state index < -0.39 is 0 Å². The Morgan fingerprint density at radius 3 is 2.81 bits per heavy atom. The highest BCUT2D eigenvalue weighted by atomic mass is 16.1. The van der Waals surface area contributed by atoms with Crippen molar-refractivity contribution in [3.8, 4) is 0 Å². The van der Waals surface area contributed by atoms with Crippen LogP contribution in [0, 0.1) is 13.8 Å². The molecule has 4 rings (SSSR count). The van der Waals surface area contributed by atoms with Gasteiger partial charge in [-0.15, -0.1) is 10.2 Å². The first-order valence-corrected chi connectivity index (χ1v) is 8.57. The summed E-state index contributed by atoms with van der Waals surface area (Å²) in [7, 11) is 0. The monoisotopic (exact) mass is 345 g/mol. The number of aromatic nitrogens is 4. The number of nitrogens with one attached hydrogen (secondary N) is 1. The third-order valence-corrected chi connectivity index (χ3v) is 4.68. The van der Waals surface area contributed by atoms with Gasteiger partial charge in [0.2, 0.25) is 5.91 Å². The lowest BCUT2D eigenvalue weighted by molar-refractivity contribution is -0.116. The summed E-state index contributed by atoms with van der Waals surface area (Å²) in [6, 6.07) is 13.9. The molecule has 0 spiro atoms. The van der Waals surface area contributed by atoms with Gasteiger partial charge in [0.25, 0.3) is 0 Å². The fourth-order valence-corrected chi connectivity index (χ4v) is 3.33. The molecular weight excluding hydrogens is 326 g/mol. The predicted octanol–water partition coefficient (Wildman–Crippen LogP) is 3.47. The molecule has 0 fully saturated rings. The van der Waals surface area contributed by atoms with Crippen LogP contribution in [-0.2, 0) is 11.2 Å². The van der Waals surface area contributed by atoms with Crippen molar-refractivity contribution in [2.24, 2.45) is 0 Å².